The molecule has 0 aliphatic heterocycles. The van der Waals surface area contributed by atoms with Crippen molar-refractivity contribution in [3.63, 3.8) is 0 Å². The predicted octanol–water partition coefficient (Wildman–Crippen LogP) is 3.89. The van der Waals surface area contributed by atoms with Gasteiger partial charge in [0, 0.05) is 6.20 Å². The van der Waals surface area contributed by atoms with Crippen molar-refractivity contribution >= 4 is 34.8 Å². The number of benzene rings is 1. The van der Waals surface area contributed by atoms with Crippen molar-refractivity contribution in [1.82, 2.24) is 4.98 Å². The van der Waals surface area contributed by atoms with Crippen LogP contribution in [0.1, 0.15) is 12.8 Å². The standard InChI is InChI=1S/C19H18ClN3O2/c20-16-9-3-4-10-17(16)23-19(25)15-8-2-1-7-14(15)18(24)22-13-6-5-11-21-12-13/h1-6,9-12,14-15H,7-8H2,(H,22,24)(H,23,25). The molecule has 25 heavy (non-hydrogen) atoms. The molecule has 3 rings (SSSR count). The Bertz CT molecular complexity index is 792. The van der Waals surface area contributed by atoms with Gasteiger partial charge in [-0.05, 0) is 37.1 Å². The minimum atomic E-state index is -0.446. The van der Waals surface area contributed by atoms with Crippen LogP contribution in [-0.2, 0) is 9.59 Å². The second-order valence-corrected chi connectivity index (χ2v) is 6.26. The Hall–Kier alpha value is -2.66. The maximum Gasteiger partial charge on any atom is 0.228 e. The molecule has 1 aliphatic rings. The summed E-state index contributed by atoms with van der Waals surface area (Å²) in [5.74, 6) is -1.27. The quantitative estimate of drug-likeness (QED) is 0.817. The lowest BCUT2D eigenvalue weighted by atomic mass is 9.81. The molecule has 2 N–H and O–H groups in total. The van der Waals surface area contributed by atoms with E-state index in [1.165, 1.54) is 0 Å². The van der Waals surface area contributed by atoms with Crippen LogP contribution in [0.4, 0.5) is 11.4 Å². The van der Waals surface area contributed by atoms with E-state index in [2.05, 4.69) is 15.6 Å². The smallest absolute Gasteiger partial charge is 0.228 e. The second-order valence-electron chi connectivity index (χ2n) is 5.86. The van der Waals surface area contributed by atoms with Crippen molar-refractivity contribution < 1.29 is 9.59 Å². The van der Waals surface area contributed by atoms with E-state index in [1.54, 1.807) is 48.8 Å². The normalized spacial score (nSPS) is 19.2. The number of aromatic nitrogens is 1. The molecule has 1 aromatic heterocycles. The molecule has 2 aromatic rings. The first-order valence-electron chi connectivity index (χ1n) is 8.06. The highest BCUT2D eigenvalue weighted by atomic mass is 35.5. The Balaban J connectivity index is 1.72. The van der Waals surface area contributed by atoms with Crippen molar-refractivity contribution in [2.45, 2.75) is 12.8 Å². The molecule has 1 aliphatic carbocycles. The highest BCUT2D eigenvalue weighted by molar-refractivity contribution is 6.33. The van der Waals surface area contributed by atoms with Crippen molar-refractivity contribution in [2.24, 2.45) is 11.8 Å². The van der Waals surface area contributed by atoms with Gasteiger partial charge in [-0.15, -0.1) is 0 Å². The molecule has 6 heteroatoms. The van der Waals surface area contributed by atoms with E-state index in [9.17, 15) is 9.59 Å². The van der Waals surface area contributed by atoms with Gasteiger partial charge in [0.25, 0.3) is 0 Å². The Morgan fingerprint density at radius 2 is 1.64 bits per heavy atom. The topological polar surface area (TPSA) is 71.1 Å². The summed E-state index contributed by atoms with van der Waals surface area (Å²) in [6, 6.07) is 10.6. The van der Waals surface area contributed by atoms with Crippen LogP contribution in [-0.4, -0.2) is 16.8 Å². The molecule has 0 bridgehead atoms. The minimum absolute atomic E-state index is 0.184. The maximum atomic E-state index is 12.7. The van der Waals surface area contributed by atoms with Crippen LogP contribution in [0.5, 0.6) is 0 Å². The number of carbonyl (C=O) groups is 2. The Kier molecular flexibility index (Phi) is 5.46. The van der Waals surface area contributed by atoms with Crippen LogP contribution < -0.4 is 10.6 Å². The predicted molar refractivity (Wildman–Crippen MR) is 98.3 cm³/mol. The SMILES string of the molecule is O=C(Nc1cccnc1)C1CC=CCC1C(=O)Nc1ccccc1Cl. The fourth-order valence-electron chi connectivity index (χ4n) is 2.85. The van der Waals surface area contributed by atoms with Crippen molar-refractivity contribution in [2.75, 3.05) is 10.6 Å². The van der Waals surface area contributed by atoms with E-state index < -0.39 is 11.8 Å². The zero-order chi connectivity index (χ0) is 17.6. The Labute approximate surface area is 151 Å². The number of allylic oxidation sites excluding steroid dienone is 2. The molecule has 2 amide bonds. The first-order chi connectivity index (χ1) is 12.1. The van der Waals surface area contributed by atoms with E-state index in [0.29, 0.717) is 29.2 Å². The monoisotopic (exact) mass is 355 g/mol. The molecule has 5 nitrogen and oxygen atoms in total. The largest absolute Gasteiger partial charge is 0.324 e. The third-order valence-electron chi connectivity index (χ3n) is 4.17. The Morgan fingerprint density at radius 3 is 2.28 bits per heavy atom. The van der Waals surface area contributed by atoms with Gasteiger partial charge in [0.05, 0.1) is 34.4 Å². The number of halogens is 1. The van der Waals surface area contributed by atoms with Gasteiger partial charge in [0.15, 0.2) is 0 Å². The molecule has 0 fully saturated rings. The van der Waals surface area contributed by atoms with E-state index in [4.69, 9.17) is 11.6 Å². The fraction of sp³-hybridized carbons (Fsp3) is 0.211. The molecular weight excluding hydrogens is 338 g/mol. The number of nitrogens with zero attached hydrogens (tertiary/aromatic N) is 1. The zero-order valence-electron chi connectivity index (χ0n) is 13.5. The lowest BCUT2D eigenvalue weighted by Crippen LogP contribution is -2.37. The highest BCUT2D eigenvalue weighted by Gasteiger charge is 2.34. The minimum Gasteiger partial charge on any atom is -0.324 e. The lowest BCUT2D eigenvalue weighted by Gasteiger charge is -2.26. The molecule has 0 saturated carbocycles. The van der Waals surface area contributed by atoms with E-state index in [-0.39, 0.29) is 11.8 Å². The molecule has 1 aromatic carbocycles. The number of hydrogen-bond donors (Lipinski definition) is 2. The molecule has 2 atom stereocenters. The number of nitrogens with one attached hydrogen (secondary N) is 2. The highest BCUT2D eigenvalue weighted by Crippen LogP contribution is 2.29. The van der Waals surface area contributed by atoms with Crippen LogP contribution >= 0.6 is 11.6 Å². The molecule has 1 heterocycles. The maximum absolute atomic E-state index is 12.7. The molecule has 0 radical (unpaired) electrons. The number of hydrogen-bond acceptors (Lipinski definition) is 3. The van der Waals surface area contributed by atoms with Crippen LogP contribution in [0.3, 0.4) is 0 Å². The molecule has 0 spiro atoms. The third kappa shape index (κ3) is 4.25. The third-order valence-corrected chi connectivity index (χ3v) is 4.50. The lowest BCUT2D eigenvalue weighted by molar-refractivity contribution is -0.129. The van der Waals surface area contributed by atoms with Gasteiger partial charge >= 0.3 is 0 Å². The van der Waals surface area contributed by atoms with Crippen molar-refractivity contribution in [3.8, 4) is 0 Å². The molecular formula is C19H18ClN3O2. The molecule has 0 saturated heterocycles. The van der Waals surface area contributed by atoms with Gasteiger partial charge in [0.2, 0.25) is 11.8 Å². The average Bonchev–Trinajstić information content (AvgIpc) is 2.64. The summed E-state index contributed by atoms with van der Waals surface area (Å²) >= 11 is 6.10. The summed E-state index contributed by atoms with van der Waals surface area (Å²) in [7, 11) is 0. The number of anilines is 2. The summed E-state index contributed by atoms with van der Waals surface area (Å²) in [6.45, 7) is 0. The fourth-order valence-corrected chi connectivity index (χ4v) is 3.04. The Morgan fingerprint density at radius 1 is 0.960 bits per heavy atom. The zero-order valence-corrected chi connectivity index (χ0v) is 14.2. The van der Waals surface area contributed by atoms with Gasteiger partial charge < -0.3 is 10.6 Å². The summed E-state index contributed by atoms with van der Waals surface area (Å²) in [4.78, 5) is 29.3. The van der Waals surface area contributed by atoms with E-state index >= 15 is 0 Å². The van der Waals surface area contributed by atoms with Gasteiger partial charge in [-0.3, -0.25) is 14.6 Å². The number of amides is 2. The van der Waals surface area contributed by atoms with Gasteiger partial charge in [-0.2, -0.15) is 0 Å². The first-order valence-corrected chi connectivity index (χ1v) is 8.44. The number of para-hydroxylation sites is 1. The van der Waals surface area contributed by atoms with E-state index in [1.807, 2.05) is 12.2 Å². The summed E-state index contributed by atoms with van der Waals surface area (Å²) < 4.78 is 0. The second kappa shape index (κ2) is 7.94. The number of rotatable bonds is 4. The number of pyridine rings is 1. The van der Waals surface area contributed by atoms with Crippen LogP contribution in [0.15, 0.2) is 60.9 Å². The van der Waals surface area contributed by atoms with Gasteiger partial charge in [0.1, 0.15) is 0 Å². The number of carbonyl (C=O) groups excluding carboxylic acids is 2. The van der Waals surface area contributed by atoms with Gasteiger partial charge in [-0.25, -0.2) is 0 Å². The van der Waals surface area contributed by atoms with Crippen molar-refractivity contribution in [1.29, 1.82) is 0 Å². The molecule has 128 valence electrons. The summed E-state index contributed by atoms with van der Waals surface area (Å²) in [5.41, 5.74) is 1.17. The van der Waals surface area contributed by atoms with Gasteiger partial charge in [-0.1, -0.05) is 35.9 Å². The molecule has 2 unspecified atom stereocenters. The summed E-state index contributed by atoms with van der Waals surface area (Å²) in [5, 5.41) is 6.13. The van der Waals surface area contributed by atoms with Crippen molar-refractivity contribution in [3.05, 3.63) is 66.0 Å². The summed E-state index contributed by atoms with van der Waals surface area (Å²) in [6.07, 6.45) is 8.12. The van der Waals surface area contributed by atoms with E-state index in [0.717, 1.165) is 0 Å². The first kappa shape index (κ1) is 17.2. The van der Waals surface area contributed by atoms with Crippen LogP contribution in [0.25, 0.3) is 0 Å². The average molecular weight is 356 g/mol. The van der Waals surface area contributed by atoms with Crippen LogP contribution in [0.2, 0.25) is 5.02 Å². The van der Waals surface area contributed by atoms with Crippen LogP contribution in [0, 0.1) is 11.8 Å².